The highest BCUT2D eigenvalue weighted by atomic mass is 79.9. The van der Waals surface area contributed by atoms with Crippen LogP contribution in [0.25, 0.3) is 10.9 Å². The van der Waals surface area contributed by atoms with Gasteiger partial charge < -0.3 is 5.11 Å². The molecule has 0 amide bonds. The molecule has 20 heavy (non-hydrogen) atoms. The van der Waals surface area contributed by atoms with Crippen LogP contribution in [0.2, 0.25) is 0 Å². The summed E-state index contributed by atoms with van der Waals surface area (Å²) >= 11 is 3.39. The molecule has 0 radical (unpaired) electrons. The van der Waals surface area contributed by atoms with Gasteiger partial charge in [0, 0.05) is 40.4 Å². The standard InChI is InChI=1S/C16H13BrN2O/c17-13-7-11(9-18-10-13)8-15(20)14-5-1-3-12-4-2-6-19-16(12)14/h1-7,9-10,15,20H,8H2. The Hall–Kier alpha value is -1.78. The molecule has 0 aliphatic heterocycles. The first-order chi connectivity index (χ1) is 9.74. The van der Waals surface area contributed by atoms with Gasteiger partial charge in [-0.3, -0.25) is 9.97 Å². The summed E-state index contributed by atoms with van der Waals surface area (Å²) in [7, 11) is 0. The second-order valence-corrected chi connectivity index (χ2v) is 5.57. The minimum atomic E-state index is -0.593. The van der Waals surface area contributed by atoms with Crippen LogP contribution < -0.4 is 0 Å². The van der Waals surface area contributed by atoms with Gasteiger partial charge in [-0.15, -0.1) is 0 Å². The third kappa shape index (κ3) is 2.71. The SMILES string of the molecule is OC(Cc1cncc(Br)c1)c1cccc2cccnc12. The van der Waals surface area contributed by atoms with Crippen molar-refractivity contribution >= 4 is 26.8 Å². The van der Waals surface area contributed by atoms with E-state index in [4.69, 9.17) is 0 Å². The molecule has 0 aliphatic rings. The van der Waals surface area contributed by atoms with Crippen molar-refractivity contribution in [2.45, 2.75) is 12.5 Å². The predicted octanol–water partition coefficient (Wildman–Crippen LogP) is 3.67. The lowest BCUT2D eigenvalue weighted by Crippen LogP contribution is -2.03. The Labute approximate surface area is 125 Å². The second-order valence-electron chi connectivity index (χ2n) is 4.65. The van der Waals surface area contributed by atoms with Crippen LogP contribution in [0, 0.1) is 0 Å². The predicted molar refractivity (Wildman–Crippen MR) is 82.3 cm³/mol. The summed E-state index contributed by atoms with van der Waals surface area (Å²) in [5, 5.41) is 11.5. The second kappa shape index (κ2) is 5.69. The molecule has 100 valence electrons. The molecule has 2 aromatic heterocycles. The lowest BCUT2D eigenvalue weighted by atomic mass is 10.00. The van der Waals surface area contributed by atoms with Gasteiger partial charge in [-0.1, -0.05) is 24.3 Å². The number of pyridine rings is 2. The normalized spacial score (nSPS) is 12.5. The summed E-state index contributed by atoms with van der Waals surface area (Å²) in [5.41, 5.74) is 2.69. The molecule has 3 nitrogen and oxygen atoms in total. The topological polar surface area (TPSA) is 46.0 Å². The fourth-order valence-corrected chi connectivity index (χ4v) is 2.71. The Balaban J connectivity index is 1.94. The van der Waals surface area contributed by atoms with Gasteiger partial charge in [0.25, 0.3) is 0 Å². The summed E-state index contributed by atoms with van der Waals surface area (Å²) in [5.74, 6) is 0. The maximum Gasteiger partial charge on any atom is 0.0852 e. The Morgan fingerprint density at radius 3 is 2.85 bits per heavy atom. The van der Waals surface area contributed by atoms with Crippen molar-refractivity contribution in [1.29, 1.82) is 0 Å². The van der Waals surface area contributed by atoms with E-state index in [2.05, 4.69) is 25.9 Å². The molecular formula is C16H13BrN2O. The summed E-state index contributed by atoms with van der Waals surface area (Å²) < 4.78 is 0.915. The average molecular weight is 329 g/mol. The maximum absolute atomic E-state index is 10.5. The van der Waals surface area contributed by atoms with Crippen molar-refractivity contribution in [3.8, 4) is 0 Å². The molecule has 0 saturated carbocycles. The number of halogens is 1. The van der Waals surface area contributed by atoms with Crippen LogP contribution in [0.3, 0.4) is 0 Å². The fraction of sp³-hybridized carbons (Fsp3) is 0.125. The van der Waals surface area contributed by atoms with Gasteiger partial charge in [0.15, 0.2) is 0 Å². The van der Waals surface area contributed by atoms with Crippen molar-refractivity contribution in [3.05, 3.63) is 70.6 Å². The van der Waals surface area contributed by atoms with Crippen LogP contribution in [0.4, 0.5) is 0 Å². The summed E-state index contributed by atoms with van der Waals surface area (Å²) in [6.07, 6.45) is 5.17. The number of aliphatic hydroxyl groups excluding tert-OH is 1. The molecule has 3 rings (SSSR count). The number of aromatic nitrogens is 2. The van der Waals surface area contributed by atoms with Gasteiger partial charge in [-0.05, 0) is 33.6 Å². The van der Waals surface area contributed by atoms with Crippen molar-refractivity contribution < 1.29 is 5.11 Å². The minimum absolute atomic E-state index is 0.516. The highest BCUT2D eigenvalue weighted by Gasteiger charge is 2.13. The molecular weight excluding hydrogens is 316 g/mol. The molecule has 0 bridgehead atoms. The van der Waals surface area contributed by atoms with Crippen LogP contribution in [0.15, 0.2) is 59.5 Å². The fourth-order valence-electron chi connectivity index (χ4n) is 2.30. The van der Waals surface area contributed by atoms with E-state index in [-0.39, 0.29) is 0 Å². The minimum Gasteiger partial charge on any atom is -0.388 e. The maximum atomic E-state index is 10.5. The number of benzene rings is 1. The largest absolute Gasteiger partial charge is 0.388 e. The van der Waals surface area contributed by atoms with Crippen molar-refractivity contribution in [2.75, 3.05) is 0 Å². The van der Waals surface area contributed by atoms with Crippen LogP contribution in [-0.4, -0.2) is 15.1 Å². The molecule has 1 aromatic carbocycles. The zero-order valence-corrected chi connectivity index (χ0v) is 12.3. The van der Waals surface area contributed by atoms with Crippen molar-refractivity contribution in [3.63, 3.8) is 0 Å². The summed E-state index contributed by atoms with van der Waals surface area (Å²) in [4.78, 5) is 8.50. The van der Waals surface area contributed by atoms with Crippen LogP contribution in [0.1, 0.15) is 17.2 Å². The molecule has 0 saturated heterocycles. The smallest absolute Gasteiger partial charge is 0.0852 e. The molecule has 1 atom stereocenters. The third-order valence-corrected chi connectivity index (χ3v) is 3.65. The van der Waals surface area contributed by atoms with Crippen LogP contribution >= 0.6 is 15.9 Å². The third-order valence-electron chi connectivity index (χ3n) is 3.21. The number of aliphatic hydroxyl groups is 1. The molecule has 1 unspecified atom stereocenters. The lowest BCUT2D eigenvalue weighted by Gasteiger charge is -2.13. The molecule has 0 aliphatic carbocycles. The Morgan fingerprint density at radius 2 is 2.00 bits per heavy atom. The van der Waals surface area contributed by atoms with E-state index < -0.39 is 6.10 Å². The van der Waals surface area contributed by atoms with E-state index in [1.807, 2.05) is 36.4 Å². The first kappa shape index (κ1) is 13.2. The summed E-state index contributed by atoms with van der Waals surface area (Å²) in [6, 6.07) is 11.7. The molecule has 0 fully saturated rings. The van der Waals surface area contributed by atoms with E-state index in [0.29, 0.717) is 6.42 Å². The monoisotopic (exact) mass is 328 g/mol. The van der Waals surface area contributed by atoms with Gasteiger partial charge in [0.2, 0.25) is 0 Å². The molecule has 4 heteroatoms. The van der Waals surface area contributed by atoms with E-state index in [1.54, 1.807) is 18.6 Å². The Bertz CT molecular complexity index is 740. The first-order valence-electron chi connectivity index (χ1n) is 6.35. The lowest BCUT2D eigenvalue weighted by molar-refractivity contribution is 0.179. The Morgan fingerprint density at radius 1 is 1.15 bits per heavy atom. The molecule has 1 N–H and O–H groups in total. The van der Waals surface area contributed by atoms with Crippen molar-refractivity contribution in [1.82, 2.24) is 9.97 Å². The van der Waals surface area contributed by atoms with Crippen LogP contribution in [0.5, 0.6) is 0 Å². The molecule has 0 spiro atoms. The zero-order chi connectivity index (χ0) is 13.9. The number of para-hydroxylation sites is 1. The molecule has 2 heterocycles. The quantitative estimate of drug-likeness (QED) is 0.797. The van der Waals surface area contributed by atoms with E-state index >= 15 is 0 Å². The number of fused-ring (bicyclic) bond motifs is 1. The highest BCUT2D eigenvalue weighted by molar-refractivity contribution is 9.10. The van der Waals surface area contributed by atoms with Gasteiger partial charge in [-0.25, -0.2) is 0 Å². The Kier molecular flexibility index (Phi) is 3.76. The number of hydrogen-bond acceptors (Lipinski definition) is 3. The molecule has 3 aromatic rings. The van der Waals surface area contributed by atoms with Gasteiger partial charge >= 0.3 is 0 Å². The number of rotatable bonds is 3. The van der Waals surface area contributed by atoms with Gasteiger partial charge in [-0.2, -0.15) is 0 Å². The number of hydrogen-bond donors (Lipinski definition) is 1. The van der Waals surface area contributed by atoms with Gasteiger partial charge in [0.05, 0.1) is 11.6 Å². The van der Waals surface area contributed by atoms with Crippen LogP contribution in [-0.2, 0) is 6.42 Å². The van der Waals surface area contributed by atoms with E-state index in [9.17, 15) is 5.11 Å². The zero-order valence-electron chi connectivity index (χ0n) is 10.7. The van der Waals surface area contributed by atoms with E-state index in [0.717, 1.165) is 26.5 Å². The van der Waals surface area contributed by atoms with E-state index in [1.165, 1.54) is 0 Å². The average Bonchev–Trinajstić information content (AvgIpc) is 2.46. The van der Waals surface area contributed by atoms with Gasteiger partial charge in [0.1, 0.15) is 0 Å². The highest BCUT2D eigenvalue weighted by Crippen LogP contribution is 2.25. The summed E-state index contributed by atoms with van der Waals surface area (Å²) in [6.45, 7) is 0. The first-order valence-corrected chi connectivity index (χ1v) is 7.14. The van der Waals surface area contributed by atoms with Crippen molar-refractivity contribution in [2.24, 2.45) is 0 Å². The number of nitrogens with zero attached hydrogens (tertiary/aromatic N) is 2.